The summed E-state index contributed by atoms with van der Waals surface area (Å²) in [7, 11) is 1.78. The lowest BCUT2D eigenvalue weighted by Gasteiger charge is -2.40. The number of aliphatic imine (C=N–C) groups is 1. The Kier molecular flexibility index (Phi) is 9.42. The first-order valence-electron chi connectivity index (χ1n) is 8.35. The van der Waals surface area contributed by atoms with Gasteiger partial charge in [-0.1, -0.05) is 6.42 Å². The van der Waals surface area contributed by atoms with Gasteiger partial charge in [-0.05, 0) is 44.9 Å². The van der Waals surface area contributed by atoms with Crippen molar-refractivity contribution in [2.45, 2.75) is 46.0 Å². The zero-order valence-corrected chi connectivity index (χ0v) is 14.0. The van der Waals surface area contributed by atoms with Crippen molar-refractivity contribution in [2.75, 3.05) is 46.6 Å². The zero-order valence-electron chi connectivity index (χ0n) is 14.0. The average Bonchev–Trinajstić information content (AvgIpc) is 2.45. The van der Waals surface area contributed by atoms with E-state index in [1.165, 1.54) is 19.3 Å². The van der Waals surface area contributed by atoms with Crippen LogP contribution in [0.25, 0.3) is 0 Å². The van der Waals surface area contributed by atoms with E-state index >= 15 is 0 Å². The molecule has 1 aliphatic rings. The average molecular weight is 299 g/mol. The maximum absolute atomic E-state index is 5.35. The van der Waals surface area contributed by atoms with Crippen LogP contribution in [0.1, 0.15) is 46.0 Å². The largest absolute Gasteiger partial charge is 0.385 e. The number of nitrogens with one attached hydrogen (secondary N) is 2. The summed E-state index contributed by atoms with van der Waals surface area (Å²) in [5.41, 5.74) is 0.379. The summed E-state index contributed by atoms with van der Waals surface area (Å²) in [6.07, 6.45) is 6.02. The molecule has 124 valence electrons. The summed E-state index contributed by atoms with van der Waals surface area (Å²) >= 11 is 0. The highest BCUT2D eigenvalue weighted by Crippen LogP contribution is 2.44. The number of hydrogen-bond acceptors (Lipinski definition) is 3. The Morgan fingerprint density at radius 1 is 1.19 bits per heavy atom. The van der Waals surface area contributed by atoms with Crippen molar-refractivity contribution in [2.24, 2.45) is 10.4 Å². The molecular formula is C16H33N3O2. The van der Waals surface area contributed by atoms with Crippen molar-refractivity contribution < 1.29 is 9.47 Å². The van der Waals surface area contributed by atoms with Crippen molar-refractivity contribution in [3.8, 4) is 0 Å². The van der Waals surface area contributed by atoms with Gasteiger partial charge in [-0.2, -0.15) is 0 Å². The fourth-order valence-corrected chi connectivity index (χ4v) is 2.60. The first-order valence-corrected chi connectivity index (χ1v) is 8.35. The van der Waals surface area contributed by atoms with Crippen LogP contribution in [-0.4, -0.2) is 52.5 Å². The van der Waals surface area contributed by atoms with Gasteiger partial charge in [-0.3, -0.25) is 4.99 Å². The fourth-order valence-electron chi connectivity index (χ4n) is 2.60. The topological polar surface area (TPSA) is 54.9 Å². The van der Waals surface area contributed by atoms with Crippen LogP contribution >= 0.6 is 0 Å². The minimum atomic E-state index is 0.379. The molecule has 0 amide bonds. The van der Waals surface area contributed by atoms with E-state index in [2.05, 4.69) is 17.6 Å². The quantitative estimate of drug-likeness (QED) is 0.349. The second-order valence-corrected chi connectivity index (χ2v) is 5.77. The van der Waals surface area contributed by atoms with Crippen LogP contribution in [0.3, 0.4) is 0 Å². The van der Waals surface area contributed by atoms with Gasteiger partial charge in [0.15, 0.2) is 5.96 Å². The molecule has 1 fully saturated rings. The van der Waals surface area contributed by atoms with Gasteiger partial charge >= 0.3 is 0 Å². The maximum atomic E-state index is 5.35. The van der Waals surface area contributed by atoms with Crippen LogP contribution < -0.4 is 10.6 Å². The number of nitrogens with zero attached hydrogens (tertiary/aromatic N) is 1. The number of guanidine groups is 1. The maximum Gasteiger partial charge on any atom is 0.191 e. The number of rotatable bonds is 11. The summed E-state index contributed by atoms with van der Waals surface area (Å²) in [6, 6.07) is 0. The van der Waals surface area contributed by atoms with Crippen LogP contribution in [0, 0.1) is 5.41 Å². The molecule has 0 atom stereocenters. The summed E-state index contributed by atoms with van der Waals surface area (Å²) in [4.78, 5) is 4.78. The van der Waals surface area contributed by atoms with Crippen LogP contribution in [0.4, 0.5) is 0 Å². The summed E-state index contributed by atoms with van der Waals surface area (Å²) in [5, 5.41) is 6.70. The van der Waals surface area contributed by atoms with Crippen molar-refractivity contribution >= 4 is 5.96 Å². The van der Waals surface area contributed by atoms with Gasteiger partial charge in [0.05, 0.1) is 0 Å². The molecular weight excluding hydrogens is 266 g/mol. The van der Waals surface area contributed by atoms with Crippen molar-refractivity contribution in [3.05, 3.63) is 0 Å². The Morgan fingerprint density at radius 3 is 2.57 bits per heavy atom. The van der Waals surface area contributed by atoms with E-state index in [-0.39, 0.29) is 0 Å². The lowest BCUT2D eigenvalue weighted by atomic mass is 9.67. The predicted octanol–water partition coefficient (Wildman–Crippen LogP) is 2.17. The van der Waals surface area contributed by atoms with Gasteiger partial charge in [0, 0.05) is 46.6 Å². The molecule has 1 rings (SSSR count). The molecule has 0 aromatic rings. The lowest BCUT2D eigenvalue weighted by Crippen LogP contribution is -2.40. The zero-order chi connectivity index (χ0) is 15.4. The van der Waals surface area contributed by atoms with E-state index in [9.17, 15) is 0 Å². The third kappa shape index (κ3) is 7.14. The Labute approximate surface area is 129 Å². The molecule has 1 saturated carbocycles. The predicted molar refractivity (Wildman–Crippen MR) is 87.9 cm³/mol. The monoisotopic (exact) mass is 299 g/mol. The molecule has 0 aliphatic heterocycles. The van der Waals surface area contributed by atoms with Crippen LogP contribution in [-0.2, 0) is 9.47 Å². The van der Waals surface area contributed by atoms with Gasteiger partial charge < -0.3 is 20.1 Å². The van der Waals surface area contributed by atoms with Crippen LogP contribution in [0.2, 0.25) is 0 Å². The number of ether oxygens (including phenoxy) is 2. The molecule has 2 N–H and O–H groups in total. The van der Waals surface area contributed by atoms with Gasteiger partial charge in [-0.25, -0.2) is 0 Å². The minimum Gasteiger partial charge on any atom is -0.385 e. The third-order valence-electron chi connectivity index (χ3n) is 4.13. The van der Waals surface area contributed by atoms with Crippen molar-refractivity contribution in [1.82, 2.24) is 10.6 Å². The molecule has 0 spiro atoms. The Balaban J connectivity index is 2.35. The van der Waals surface area contributed by atoms with Gasteiger partial charge in [0.1, 0.15) is 0 Å². The highest BCUT2D eigenvalue weighted by Gasteiger charge is 2.36. The third-order valence-corrected chi connectivity index (χ3v) is 4.13. The van der Waals surface area contributed by atoms with Crippen molar-refractivity contribution in [3.63, 3.8) is 0 Å². The standard InChI is InChI=1S/C16H33N3O2/c1-4-17-15(18-11-7-12-21-5-2)19-14-16(8-6-9-16)10-13-20-3/h4-14H2,1-3H3,(H2,17,18,19). The highest BCUT2D eigenvalue weighted by atomic mass is 16.5. The molecule has 0 unspecified atom stereocenters. The Hall–Kier alpha value is -0.810. The second-order valence-electron chi connectivity index (χ2n) is 5.77. The molecule has 0 aromatic heterocycles. The minimum absolute atomic E-state index is 0.379. The fraction of sp³-hybridized carbons (Fsp3) is 0.938. The highest BCUT2D eigenvalue weighted by molar-refractivity contribution is 5.79. The van der Waals surface area contributed by atoms with E-state index in [0.717, 1.165) is 58.3 Å². The summed E-state index contributed by atoms with van der Waals surface area (Å²) in [5.74, 6) is 0.928. The molecule has 21 heavy (non-hydrogen) atoms. The molecule has 0 bridgehead atoms. The lowest BCUT2D eigenvalue weighted by molar-refractivity contribution is 0.0778. The Bertz CT molecular complexity index is 291. The molecule has 0 heterocycles. The number of methoxy groups -OCH3 is 1. The van der Waals surface area contributed by atoms with E-state index in [0.29, 0.717) is 5.41 Å². The Morgan fingerprint density at radius 2 is 2.00 bits per heavy atom. The molecule has 1 aliphatic carbocycles. The van der Waals surface area contributed by atoms with Crippen LogP contribution in [0.5, 0.6) is 0 Å². The van der Waals surface area contributed by atoms with E-state index in [4.69, 9.17) is 14.5 Å². The van der Waals surface area contributed by atoms with Crippen LogP contribution in [0.15, 0.2) is 4.99 Å². The van der Waals surface area contributed by atoms with E-state index in [1.54, 1.807) is 7.11 Å². The van der Waals surface area contributed by atoms with E-state index < -0.39 is 0 Å². The van der Waals surface area contributed by atoms with Gasteiger partial charge in [0.25, 0.3) is 0 Å². The SMILES string of the molecule is CCNC(=NCC1(CCOC)CCC1)NCCCOCC. The molecule has 0 aromatic carbocycles. The summed E-state index contributed by atoms with van der Waals surface area (Å²) in [6.45, 7) is 9.25. The molecule has 5 heteroatoms. The second kappa shape index (κ2) is 10.9. The smallest absolute Gasteiger partial charge is 0.191 e. The molecule has 5 nitrogen and oxygen atoms in total. The molecule has 0 saturated heterocycles. The first-order chi connectivity index (χ1) is 10.3. The normalized spacial score (nSPS) is 17.4. The molecule has 0 radical (unpaired) electrons. The van der Waals surface area contributed by atoms with Crippen molar-refractivity contribution in [1.29, 1.82) is 0 Å². The van der Waals surface area contributed by atoms with Gasteiger partial charge in [0.2, 0.25) is 0 Å². The van der Waals surface area contributed by atoms with Gasteiger partial charge in [-0.15, -0.1) is 0 Å². The first kappa shape index (κ1) is 18.2. The summed E-state index contributed by atoms with van der Waals surface area (Å²) < 4.78 is 10.6. The number of hydrogen-bond donors (Lipinski definition) is 2. The van der Waals surface area contributed by atoms with E-state index in [1.807, 2.05) is 6.92 Å².